The van der Waals surface area contributed by atoms with Crippen molar-refractivity contribution in [2.75, 3.05) is 0 Å². The number of nitrogens with zero attached hydrogens (tertiary/aromatic N) is 2. The minimum atomic E-state index is -0.975. The van der Waals surface area contributed by atoms with Crippen LogP contribution in [0, 0.1) is 12.7 Å². The fourth-order valence-electron chi connectivity index (χ4n) is 2.28. The number of carboxylic acids is 1. The van der Waals surface area contributed by atoms with Crippen LogP contribution in [0.1, 0.15) is 35.9 Å². The largest absolute Gasteiger partial charge is 0.481 e. The highest BCUT2D eigenvalue weighted by atomic mass is 19.1. The minimum Gasteiger partial charge on any atom is -0.481 e. The molecule has 0 bridgehead atoms. The van der Waals surface area contributed by atoms with Gasteiger partial charge in [0.15, 0.2) is 5.69 Å². The van der Waals surface area contributed by atoms with Crippen LogP contribution in [0.15, 0.2) is 35.1 Å². The molecule has 132 valence electrons. The van der Waals surface area contributed by atoms with Crippen LogP contribution in [-0.4, -0.2) is 32.8 Å². The number of rotatable bonds is 6. The fourth-order valence-corrected chi connectivity index (χ4v) is 2.28. The highest BCUT2D eigenvalue weighted by molar-refractivity contribution is 5.92. The Balaban J connectivity index is 2.31. The Labute approximate surface area is 143 Å². The topological polar surface area (TPSA) is 101 Å². The van der Waals surface area contributed by atoms with Crippen molar-refractivity contribution in [2.45, 2.75) is 32.7 Å². The number of halogens is 1. The van der Waals surface area contributed by atoms with Gasteiger partial charge in [0, 0.05) is 24.2 Å². The third-order valence-corrected chi connectivity index (χ3v) is 3.57. The van der Waals surface area contributed by atoms with Crippen molar-refractivity contribution in [1.29, 1.82) is 0 Å². The number of hydrogen-bond acceptors (Lipinski definition) is 4. The lowest BCUT2D eigenvalue weighted by Crippen LogP contribution is -2.37. The Hall–Kier alpha value is -3.03. The molecule has 8 heteroatoms. The first kappa shape index (κ1) is 18.3. The smallest absolute Gasteiger partial charge is 0.303 e. The molecule has 0 saturated heterocycles. The van der Waals surface area contributed by atoms with Crippen LogP contribution in [0.2, 0.25) is 0 Å². The van der Waals surface area contributed by atoms with E-state index in [0.29, 0.717) is 5.69 Å². The molecule has 0 fully saturated rings. The van der Waals surface area contributed by atoms with Crippen LogP contribution in [0.4, 0.5) is 4.39 Å². The zero-order valence-corrected chi connectivity index (χ0v) is 13.8. The molecule has 1 aromatic carbocycles. The summed E-state index contributed by atoms with van der Waals surface area (Å²) in [4.78, 5) is 34.9. The predicted molar refractivity (Wildman–Crippen MR) is 88.3 cm³/mol. The lowest BCUT2D eigenvalue weighted by Gasteiger charge is -2.14. The molecule has 0 spiro atoms. The Morgan fingerprint density at radius 2 is 2.04 bits per heavy atom. The quantitative estimate of drug-likeness (QED) is 0.828. The van der Waals surface area contributed by atoms with Gasteiger partial charge in [0.25, 0.3) is 5.91 Å². The Bertz CT molecular complexity index is 863. The van der Waals surface area contributed by atoms with Crippen molar-refractivity contribution in [3.05, 3.63) is 57.8 Å². The van der Waals surface area contributed by atoms with Gasteiger partial charge in [-0.15, -0.1) is 0 Å². The number of carbonyl (C=O) groups is 2. The third kappa shape index (κ3) is 4.50. The second-order valence-corrected chi connectivity index (χ2v) is 5.67. The molecule has 0 saturated carbocycles. The van der Waals surface area contributed by atoms with E-state index in [9.17, 15) is 18.8 Å². The first-order valence-corrected chi connectivity index (χ1v) is 7.68. The van der Waals surface area contributed by atoms with Gasteiger partial charge in [0.05, 0.1) is 0 Å². The molecule has 1 atom stereocenters. The van der Waals surface area contributed by atoms with Crippen LogP contribution in [0.25, 0.3) is 5.69 Å². The van der Waals surface area contributed by atoms with Crippen LogP contribution in [0.5, 0.6) is 0 Å². The summed E-state index contributed by atoms with van der Waals surface area (Å²) in [5.41, 5.74) is -0.470. The maximum atomic E-state index is 14.0. The molecule has 2 aromatic rings. The Morgan fingerprint density at radius 1 is 1.36 bits per heavy atom. The van der Waals surface area contributed by atoms with Crippen LogP contribution < -0.4 is 10.7 Å². The summed E-state index contributed by atoms with van der Waals surface area (Å²) in [6.45, 7) is 3.21. The number of aromatic nitrogens is 2. The van der Waals surface area contributed by atoms with E-state index < -0.39 is 29.2 Å². The van der Waals surface area contributed by atoms with E-state index in [1.807, 2.05) is 0 Å². The first-order valence-electron chi connectivity index (χ1n) is 7.68. The molecular formula is C17H18FN3O4. The SMILES string of the molecule is Cc1cc(=O)c(C(=O)NC(C)CCC(=O)O)nn1-c1ccccc1F. The van der Waals surface area contributed by atoms with E-state index in [-0.39, 0.29) is 24.2 Å². The van der Waals surface area contributed by atoms with Crippen molar-refractivity contribution in [3.63, 3.8) is 0 Å². The molecule has 0 aliphatic rings. The van der Waals surface area contributed by atoms with Gasteiger partial charge in [0.2, 0.25) is 5.43 Å². The number of benzene rings is 1. The molecule has 0 aliphatic heterocycles. The zero-order chi connectivity index (χ0) is 18.6. The van der Waals surface area contributed by atoms with Gasteiger partial charge in [-0.05, 0) is 32.4 Å². The molecule has 1 aromatic heterocycles. The van der Waals surface area contributed by atoms with E-state index in [1.165, 1.54) is 28.9 Å². The summed E-state index contributed by atoms with van der Waals surface area (Å²) < 4.78 is 15.2. The summed E-state index contributed by atoms with van der Waals surface area (Å²) in [7, 11) is 0. The van der Waals surface area contributed by atoms with Gasteiger partial charge in [-0.2, -0.15) is 5.10 Å². The molecule has 0 radical (unpaired) electrons. The van der Waals surface area contributed by atoms with Crippen LogP contribution in [-0.2, 0) is 4.79 Å². The monoisotopic (exact) mass is 347 g/mol. The van der Waals surface area contributed by atoms with Gasteiger partial charge >= 0.3 is 5.97 Å². The van der Waals surface area contributed by atoms with Crippen molar-refractivity contribution in [1.82, 2.24) is 15.1 Å². The van der Waals surface area contributed by atoms with Crippen LogP contribution in [0.3, 0.4) is 0 Å². The lowest BCUT2D eigenvalue weighted by molar-refractivity contribution is -0.137. The first-order chi connectivity index (χ1) is 11.8. The van der Waals surface area contributed by atoms with Crippen molar-refractivity contribution >= 4 is 11.9 Å². The summed E-state index contributed by atoms with van der Waals surface area (Å²) >= 11 is 0. The lowest BCUT2D eigenvalue weighted by atomic mass is 10.2. The minimum absolute atomic E-state index is 0.109. The van der Waals surface area contributed by atoms with Crippen molar-refractivity contribution in [3.8, 4) is 5.69 Å². The summed E-state index contributed by atoms with van der Waals surface area (Å²) in [6.07, 6.45) is 0.108. The number of hydrogen-bond donors (Lipinski definition) is 2. The number of nitrogens with one attached hydrogen (secondary N) is 1. The van der Waals surface area contributed by atoms with E-state index in [4.69, 9.17) is 5.11 Å². The van der Waals surface area contributed by atoms with Gasteiger partial charge in [-0.25, -0.2) is 9.07 Å². The van der Waals surface area contributed by atoms with Gasteiger partial charge in [0.1, 0.15) is 11.5 Å². The second-order valence-electron chi connectivity index (χ2n) is 5.67. The summed E-state index contributed by atoms with van der Waals surface area (Å²) in [6, 6.07) is 6.63. The highest BCUT2D eigenvalue weighted by Crippen LogP contribution is 2.13. The van der Waals surface area contributed by atoms with Gasteiger partial charge < -0.3 is 10.4 Å². The number of aryl methyl sites for hydroxylation is 1. The number of carbonyl (C=O) groups excluding carboxylic acids is 1. The summed E-state index contributed by atoms with van der Waals surface area (Å²) in [5.74, 6) is -2.24. The number of aliphatic carboxylic acids is 1. The molecule has 0 aliphatic carbocycles. The molecule has 1 heterocycles. The Kier molecular flexibility index (Phi) is 5.63. The highest BCUT2D eigenvalue weighted by Gasteiger charge is 2.18. The number of para-hydroxylation sites is 1. The molecular weight excluding hydrogens is 329 g/mol. The fraction of sp³-hybridized carbons (Fsp3) is 0.294. The van der Waals surface area contributed by atoms with Crippen molar-refractivity contribution < 1.29 is 19.1 Å². The van der Waals surface area contributed by atoms with E-state index >= 15 is 0 Å². The van der Waals surface area contributed by atoms with Gasteiger partial charge in [-0.3, -0.25) is 14.4 Å². The molecule has 7 nitrogen and oxygen atoms in total. The van der Waals surface area contributed by atoms with E-state index in [0.717, 1.165) is 0 Å². The van der Waals surface area contributed by atoms with Gasteiger partial charge in [-0.1, -0.05) is 12.1 Å². The number of carboxylic acid groups (broad SMARTS) is 1. The normalized spacial score (nSPS) is 11.8. The van der Waals surface area contributed by atoms with E-state index in [2.05, 4.69) is 10.4 Å². The van der Waals surface area contributed by atoms with Crippen molar-refractivity contribution in [2.24, 2.45) is 0 Å². The average molecular weight is 347 g/mol. The maximum absolute atomic E-state index is 14.0. The molecule has 2 rings (SSSR count). The predicted octanol–water partition coefficient (Wildman–Crippen LogP) is 1.66. The second kappa shape index (κ2) is 7.69. The molecule has 1 amide bonds. The third-order valence-electron chi connectivity index (χ3n) is 3.57. The average Bonchev–Trinajstić information content (AvgIpc) is 2.54. The molecule has 2 N–H and O–H groups in total. The van der Waals surface area contributed by atoms with E-state index in [1.54, 1.807) is 19.9 Å². The number of amides is 1. The van der Waals surface area contributed by atoms with Crippen LogP contribution >= 0.6 is 0 Å². The Morgan fingerprint density at radius 3 is 2.68 bits per heavy atom. The molecule has 25 heavy (non-hydrogen) atoms. The standard InChI is InChI=1S/C17H18FN3O4/c1-10(7-8-15(23)24)19-17(25)16-14(22)9-11(2)21(20-16)13-6-4-3-5-12(13)18/h3-6,9-10H,7-8H2,1-2H3,(H,19,25)(H,23,24). The molecule has 1 unspecified atom stereocenters. The maximum Gasteiger partial charge on any atom is 0.303 e. The zero-order valence-electron chi connectivity index (χ0n) is 13.8. The summed E-state index contributed by atoms with van der Waals surface area (Å²) in [5, 5.41) is 15.2.